The highest BCUT2D eigenvalue weighted by atomic mass is 16.3. The number of hydrogen-bond donors (Lipinski definition) is 3. The van der Waals surface area contributed by atoms with Crippen molar-refractivity contribution in [2.45, 2.75) is 5.92 Å². The normalized spacial score (nSPS) is 15.9. The third kappa shape index (κ3) is 3.47. The summed E-state index contributed by atoms with van der Waals surface area (Å²) >= 11 is 0. The summed E-state index contributed by atoms with van der Waals surface area (Å²) in [5, 5.41) is 12.7. The molecule has 0 radical (unpaired) electrons. The van der Waals surface area contributed by atoms with Crippen LogP contribution in [0, 0.1) is 0 Å². The van der Waals surface area contributed by atoms with E-state index < -0.39 is 29.0 Å². The second kappa shape index (κ2) is 9.06. The Balaban J connectivity index is 1.47. The van der Waals surface area contributed by atoms with Crippen molar-refractivity contribution in [3.05, 3.63) is 126 Å². The molecule has 192 valence electrons. The lowest BCUT2D eigenvalue weighted by Crippen LogP contribution is -2.36. The maximum absolute atomic E-state index is 14.0. The van der Waals surface area contributed by atoms with Crippen LogP contribution in [0.15, 0.2) is 115 Å². The quantitative estimate of drug-likeness (QED) is 0.176. The van der Waals surface area contributed by atoms with Crippen molar-refractivity contribution >= 4 is 44.7 Å². The Morgan fingerprint density at radius 3 is 1.70 bits per heavy atom. The summed E-state index contributed by atoms with van der Waals surface area (Å²) in [4.78, 5) is 48.5. The van der Waals surface area contributed by atoms with E-state index >= 15 is 0 Å². The molecule has 0 fully saturated rings. The number of aliphatic hydroxyl groups is 1. The maximum Gasteiger partial charge on any atom is 0.234 e. The zero-order valence-corrected chi connectivity index (χ0v) is 21.1. The summed E-state index contributed by atoms with van der Waals surface area (Å²) in [6.07, 6.45) is 0. The molecule has 2 heterocycles. The number of hydrogen-bond acceptors (Lipinski definition) is 4. The molecule has 7 rings (SSSR count). The standard InChI is InChI=1S/C34H22N2O4/c37-31-27(25-21-15-7-9-17-23(21)35-29(25)19-11-3-1-4-12-19)32(38)34(40)28(33(31)39)26-22-16-8-10-18-24(22)36-30(26)20-13-5-2-6-14-20/h1-18,27,35-36,39H. The summed E-state index contributed by atoms with van der Waals surface area (Å²) in [6.45, 7) is 0. The van der Waals surface area contributed by atoms with E-state index in [0.717, 1.165) is 22.2 Å². The SMILES string of the molecule is O=C1C(=O)C(c2c(-c3ccccc3)[nH]c3ccccc23)C(=O)C(O)=C1c1c(-c2ccccc2)[nH]c2ccccc12. The number of Topliss-reactive ketones (excluding diaryl/α,β-unsaturated/α-hetero) is 3. The van der Waals surface area contributed by atoms with E-state index in [4.69, 9.17) is 0 Å². The van der Waals surface area contributed by atoms with Gasteiger partial charge in [0.25, 0.3) is 0 Å². The van der Waals surface area contributed by atoms with Gasteiger partial charge in [-0.05, 0) is 23.3 Å². The second-order valence-corrected chi connectivity index (χ2v) is 9.83. The molecule has 6 nitrogen and oxygen atoms in total. The molecule has 0 spiro atoms. The van der Waals surface area contributed by atoms with Crippen molar-refractivity contribution in [2.75, 3.05) is 0 Å². The first-order chi connectivity index (χ1) is 19.5. The van der Waals surface area contributed by atoms with E-state index in [-0.39, 0.29) is 5.57 Å². The summed E-state index contributed by atoms with van der Waals surface area (Å²) in [7, 11) is 0. The molecule has 6 aromatic rings. The molecule has 6 heteroatoms. The fourth-order valence-corrected chi connectivity index (χ4v) is 5.75. The highest BCUT2D eigenvalue weighted by Crippen LogP contribution is 2.44. The Morgan fingerprint density at radius 1 is 0.550 bits per heavy atom. The van der Waals surface area contributed by atoms with Crippen molar-refractivity contribution in [1.29, 1.82) is 0 Å². The molecular formula is C34H22N2O4. The predicted molar refractivity (Wildman–Crippen MR) is 155 cm³/mol. The van der Waals surface area contributed by atoms with Crippen molar-refractivity contribution in [3.63, 3.8) is 0 Å². The first-order valence-electron chi connectivity index (χ1n) is 12.9. The number of rotatable bonds is 4. The first-order valence-corrected chi connectivity index (χ1v) is 12.9. The van der Waals surface area contributed by atoms with Gasteiger partial charge in [0.15, 0.2) is 5.76 Å². The van der Waals surface area contributed by atoms with E-state index in [1.165, 1.54) is 0 Å². The van der Waals surface area contributed by atoms with Crippen molar-refractivity contribution in [3.8, 4) is 22.5 Å². The number of aromatic amines is 2. The van der Waals surface area contributed by atoms with E-state index in [9.17, 15) is 19.5 Å². The third-order valence-corrected chi connectivity index (χ3v) is 7.56. The topological polar surface area (TPSA) is 103 Å². The molecular weight excluding hydrogens is 500 g/mol. The van der Waals surface area contributed by atoms with E-state index in [0.29, 0.717) is 33.3 Å². The lowest BCUT2D eigenvalue weighted by Gasteiger charge is -2.23. The molecule has 0 amide bonds. The van der Waals surface area contributed by atoms with E-state index in [1.807, 2.05) is 103 Å². The van der Waals surface area contributed by atoms with Gasteiger partial charge in [0.2, 0.25) is 17.3 Å². The molecule has 0 saturated carbocycles. The summed E-state index contributed by atoms with van der Waals surface area (Å²) in [5.74, 6) is -4.75. The smallest absolute Gasteiger partial charge is 0.234 e. The largest absolute Gasteiger partial charge is 0.504 e. The van der Waals surface area contributed by atoms with Gasteiger partial charge in [-0.3, -0.25) is 14.4 Å². The number of H-pyrrole nitrogens is 2. The number of para-hydroxylation sites is 2. The van der Waals surface area contributed by atoms with Crippen molar-refractivity contribution in [2.24, 2.45) is 0 Å². The summed E-state index contributed by atoms with van der Waals surface area (Å²) in [5.41, 5.74) is 4.53. The highest BCUT2D eigenvalue weighted by Gasteiger charge is 2.46. The van der Waals surface area contributed by atoms with Crippen LogP contribution in [0.5, 0.6) is 0 Å². The Bertz CT molecular complexity index is 2010. The number of aliphatic hydroxyl groups excluding tert-OH is 1. The van der Waals surface area contributed by atoms with Gasteiger partial charge >= 0.3 is 0 Å². The van der Waals surface area contributed by atoms with Gasteiger partial charge in [0.05, 0.1) is 17.0 Å². The summed E-state index contributed by atoms with van der Waals surface area (Å²) < 4.78 is 0. The Labute approximate surface area is 228 Å². The van der Waals surface area contributed by atoms with Crippen molar-refractivity contribution in [1.82, 2.24) is 9.97 Å². The fraction of sp³-hybridized carbons (Fsp3) is 0.0294. The molecule has 1 atom stereocenters. The van der Waals surface area contributed by atoms with Crippen LogP contribution in [0.1, 0.15) is 17.0 Å². The average molecular weight is 523 g/mol. The first kappa shape index (κ1) is 23.6. The van der Waals surface area contributed by atoms with Crippen LogP contribution >= 0.6 is 0 Å². The van der Waals surface area contributed by atoms with Crippen molar-refractivity contribution < 1.29 is 19.5 Å². The van der Waals surface area contributed by atoms with Gasteiger partial charge in [-0.1, -0.05) is 97.1 Å². The molecule has 4 aromatic carbocycles. The minimum Gasteiger partial charge on any atom is -0.504 e. The molecule has 0 aliphatic heterocycles. The molecule has 1 unspecified atom stereocenters. The van der Waals surface area contributed by atoms with Crippen LogP contribution in [-0.2, 0) is 14.4 Å². The molecule has 0 saturated heterocycles. The van der Waals surface area contributed by atoms with Crippen LogP contribution in [0.25, 0.3) is 49.9 Å². The Kier molecular flexibility index (Phi) is 5.35. The second-order valence-electron chi connectivity index (χ2n) is 9.83. The van der Waals surface area contributed by atoms with Gasteiger partial charge in [0.1, 0.15) is 5.92 Å². The summed E-state index contributed by atoms with van der Waals surface area (Å²) in [6, 6.07) is 33.3. The maximum atomic E-state index is 14.0. The number of fused-ring (bicyclic) bond motifs is 2. The fourth-order valence-electron chi connectivity index (χ4n) is 5.75. The molecule has 2 aromatic heterocycles. The van der Waals surface area contributed by atoms with Gasteiger partial charge in [-0.2, -0.15) is 0 Å². The van der Waals surface area contributed by atoms with Crippen LogP contribution in [0.2, 0.25) is 0 Å². The number of nitrogens with one attached hydrogen (secondary N) is 2. The number of carbonyl (C=O) groups is 3. The number of aromatic nitrogens is 2. The van der Waals surface area contributed by atoms with Crippen LogP contribution in [0.3, 0.4) is 0 Å². The number of allylic oxidation sites excluding steroid dienone is 2. The minimum atomic E-state index is -1.48. The van der Waals surface area contributed by atoms with E-state index in [2.05, 4.69) is 9.97 Å². The van der Waals surface area contributed by atoms with Crippen LogP contribution < -0.4 is 0 Å². The molecule has 1 aliphatic carbocycles. The molecule has 0 bridgehead atoms. The van der Waals surface area contributed by atoms with Gasteiger partial charge < -0.3 is 15.1 Å². The number of ketones is 3. The minimum absolute atomic E-state index is 0.274. The molecule has 1 aliphatic rings. The number of benzene rings is 4. The lowest BCUT2D eigenvalue weighted by atomic mass is 9.76. The monoisotopic (exact) mass is 522 g/mol. The highest BCUT2D eigenvalue weighted by molar-refractivity contribution is 6.62. The van der Waals surface area contributed by atoms with Crippen LogP contribution in [-0.4, -0.2) is 32.4 Å². The van der Waals surface area contributed by atoms with Gasteiger partial charge in [0, 0.05) is 32.9 Å². The number of carbonyl (C=O) groups excluding carboxylic acids is 3. The average Bonchev–Trinajstić information content (AvgIpc) is 3.57. The van der Waals surface area contributed by atoms with E-state index in [1.54, 1.807) is 6.07 Å². The van der Waals surface area contributed by atoms with Crippen LogP contribution in [0.4, 0.5) is 0 Å². The molecule has 3 N–H and O–H groups in total. The Hall–Kier alpha value is -5.49. The zero-order valence-electron chi connectivity index (χ0n) is 21.1. The van der Waals surface area contributed by atoms with Gasteiger partial charge in [-0.15, -0.1) is 0 Å². The zero-order chi connectivity index (χ0) is 27.4. The lowest BCUT2D eigenvalue weighted by molar-refractivity contribution is -0.138. The molecule has 40 heavy (non-hydrogen) atoms. The predicted octanol–water partition coefficient (Wildman–Crippen LogP) is 6.76. The Morgan fingerprint density at radius 2 is 1.05 bits per heavy atom. The van der Waals surface area contributed by atoms with Gasteiger partial charge in [-0.25, -0.2) is 0 Å². The third-order valence-electron chi connectivity index (χ3n) is 7.56.